The van der Waals surface area contributed by atoms with Gasteiger partial charge in [-0.2, -0.15) is 0 Å². The first-order valence-electron chi connectivity index (χ1n) is 4.52. The number of nitrogens with one attached hydrogen (secondary N) is 1. The molecule has 0 aromatic carbocycles. The largest absolute Gasteiger partial charge is 0.389 e. The maximum Gasteiger partial charge on any atom is 0.0897 e. The van der Waals surface area contributed by atoms with Gasteiger partial charge in [0.2, 0.25) is 0 Å². The van der Waals surface area contributed by atoms with E-state index in [9.17, 15) is 5.11 Å². The molecule has 5 heteroatoms. The third-order valence-corrected chi connectivity index (χ3v) is 2.52. The molecule has 2 atom stereocenters. The Kier molecular flexibility index (Phi) is 5.03. The highest BCUT2D eigenvalue weighted by atomic mass is 32.1. The van der Waals surface area contributed by atoms with E-state index in [-0.39, 0.29) is 6.04 Å². The third kappa shape index (κ3) is 3.71. The van der Waals surface area contributed by atoms with Crippen molar-refractivity contribution in [3.63, 3.8) is 0 Å². The van der Waals surface area contributed by atoms with Gasteiger partial charge in [-0.05, 0) is 6.92 Å². The minimum atomic E-state index is -0.457. The van der Waals surface area contributed by atoms with Crippen molar-refractivity contribution in [3.8, 4) is 0 Å². The summed E-state index contributed by atoms with van der Waals surface area (Å²) in [6.07, 6.45) is -0.457. The van der Waals surface area contributed by atoms with Crippen LogP contribution in [-0.4, -0.2) is 36.5 Å². The van der Waals surface area contributed by atoms with Gasteiger partial charge in [0.15, 0.2) is 0 Å². The van der Waals surface area contributed by atoms with Crippen LogP contribution in [0.5, 0.6) is 0 Å². The van der Waals surface area contributed by atoms with Gasteiger partial charge < -0.3 is 15.2 Å². The monoisotopic (exact) mass is 216 g/mol. The number of hydrogen-bond acceptors (Lipinski definition) is 5. The standard InChI is InChI=1S/C9H16N2O2S/c1-7(9-5-14-6-11-9)10-3-8(12)4-13-2/h5-8,10,12H,3-4H2,1-2H3. The summed E-state index contributed by atoms with van der Waals surface area (Å²) < 4.78 is 4.82. The zero-order valence-corrected chi connectivity index (χ0v) is 9.25. The lowest BCUT2D eigenvalue weighted by Gasteiger charge is -2.14. The van der Waals surface area contributed by atoms with E-state index in [0.29, 0.717) is 13.2 Å². The molecule has 0 aliphatic carbocycles. The van der Waals surface area contributed by atoms with Crippen LogP contribution in [0, 0.1) is 0 Å². The Morgan fingerprint density at radius 3 is 3.07 bits per heavy atom. The van der Waals surface area contributed by atoms with Crippen molar-refractivity contribution >= 4 is 11.3 Å². The van der Waals surface area contributed by atoms with Crippen LogP contribution in [0.3, 0.4) is 0 Å². The van der Waals surface area contributed by atoms with E-state index in [0.717, 1.165) is 5.69 Å². The number of aromatic nitrogens is 1. The van der Waals surface area contributed by atoms with Crippen LogP contribution in [0.25, 0.3) is 0 Å². The Bertz CT molecular complexity index is 241. The van der Waals surface area contributed by atoms with Gasteiger partial charge >= 0.3 is 0 Å². The second kappa shape index (κ2) is 6.08. The molecule has 0 saturated heterocycles. The van der Waals surface area contributed by atoms with Crippen molar-refractivity contribution in [1.29, 1.82) is 0 Å². The molecule has 0 spiro atoms. The summed E-state index contributed by atoms with van der Waals surface area (Å²) in [5, 5.41) is 14.6. The molecule has 0 saturated carbocycles. The van der Waals surface area contributed by atoms with Gasteiger partial charge in [0.25, 0.3) is 0 Å². The summed E-state index contributed by atoms with van der Waals surface area (Å²) in [6, 6.07) is 0.174. The Balaban J connectivity index is 2.24. The minimum Gasteiger partial charge on any atom is -0.389 e. The molecule has 2 N–H and O–H groups in total. The minimum absolute atomic E-state index is 0.174. The fourth-order valence-electron chi connectivity index (χ4n) is 1.10. The number of aliphatic hydroxyl groups excluding tert-OH is 1. The average molecular weight is 216 g/mol. The van der Waals surface area contributed by atoms with Gasteiger partial charge in [-0.3, -0.25) is 0 Å². The topological polar surface area (TPSA) is 54.4 Å². The molecule has 0 aliphatic heterocycles. The maximum atomic E-state index is 9.39. The van der Waals surface area contributed by atoms with Gasteiger partial charge in [-0.25, -0.2) is 4.98 Å². The lowest BCUT2D eigenvalue weighted by molar-refractivity contribution is 0.0630. The zero-order chi connectivity index (χ0) is 10.4. The summed E-state index contributed by atoms with van der Waals surface area (Å²) in [4.78, 5) is 4.18. The van der Waals surface area contributed by atoms with E-state index < -0.39 is 6.10 Å². The molecule has 1 aromatic rings. The first-order valence-corrected chi connectivity index (χ1v) is 5.46. The normalized spacial score (nSPS) is 15.4. The van der Waals surface area contributed by atoms with Crippen molar-refractivity contribution in [2.24, 2.45) is 0 Å². The summed E-state index contributed by atoms with van der Waals surface area (Å²) >= 11 is 1.57. The predicted octanol–water partition coefficient (Wildman–Crippen LogP) is 0.801. The van der Waals surface area contributed by atoms with Gasteiger partial charge in [-0.15, -0.1) is 11.3 Å². The average Bonchev–Trinajstić information content (AvgIpc) is 2.67. The number of nitrogens with zero attached hydrogens (tertiary/aromatic N) is 1. The van der Waals surface area contributed by atoms with E-state index in [1.54, 1.807) is 24.0 Å². The van der Waals surface area contributed by atoms with Crippen LogP contribution >= 0.6 is 11.3 Å². The van der Waals surface area contributed by atoms with E-state index in [1.165, 1.54) is 0 Å². The molecule has 1 aromatic heterocycles. The van der Waals surface area contributed by atoms with Crippen LogP contribution in [0.2, 0.25) is 0 Å². The number of hydrogen-bond donors (Lipinski definition) is 2. The molecule has 0 aliphatic rings. The van der Waals surface area contributed by atoms with Gasteiger partial charge in [-0.1, -0.05) is 0 Å². The molecule has 14 heavy (non-hydrogen) atoms. The van der Waals surface area contributed by atoms with Crippen LogP contribution in [0.1, 0.15) is 18.7 Å². The summed E-state index contributed by atoms with van der Waals surface area (Å²) in [6.45, 7) is 2.90. The quantitative estimate of drug-likeness (QED) is 0.738. The summed E-state index contributed by atoms with van der Waals surface area (Å²) in [5.74, 6) is 0. The molecule has 0 bridgehead atoms. The summed E-state index contributed by atoms with van der Waals surface area (Å²) in [5.41, 5.74) is 2.82. The number of ether oxygens (including phenoxy) is 1. The molecule has 80 valence electrons. The van der Waals surface area contributed by atoms with Gasteiger partial charge in [0.05, 0.1) is 23.9 Å². The van der Waals surface area contributed by atoms with Crippen LogP contribution in [0.4, 0.5) is 0 Å². The SMILES string of the molecule is COCC(O)CNC(C)c1cscn1. The lowest BCUT2D eigenvalue weighted by Crippen LogP contribution is -2.31. The zero-order valence-electron chi connectivity index (χ0n) is 8.43. The second-order valence-corrected chi connectivity index (χ2v) is 3.87. The number of aliphatic hydroxyl groups is 1. The van der Waals surface area contributed by atoms with Crippen molar-refractivity contribution in [1.82, 2.24) is 10.3 Å². The van der Waals surface area contributed by atoms with Crippen molar-refractivity contribution in [2.45, 2.75) is 19.1 Å². The Hall–Kier alpha value is -0.490. The molecule has 0 amide bonds. The van der Waals surface area contributed by atoms with E-state index in [1.807, 2.05) is 12.3 Å². The summed E-state index contributed by atoms with van der Waals surface area (Å²) in [7, 11) is 1.58. The fraction of sp³-hybridized carbons (Fsp3) is 0.667. The Labute approximate surface area is 87.9 Å². The highest BCUT2D eigenvalue weighted by molar-refractivity contribution is 7.07. The number of methoxy groups -OCH3 is 1. The molecule has 1 heterocycles. The molecular weight excluding hydrogens is 200 g/mol. The molecule has 2 unspecified atom stereocenters. The number of rotatable bonds is 6. The second-order valence-electron chi connectivity index (χ2n) is 3.15. The smallest absolute Gasteiger partial charge is 0.0897 e. The van der Waals surface area contributed by atoms with E-state index in [2.05, 4.69) is 10.3 Å². The van der Waals surface area contributed by atoms with Crippen molar-refractivity contribution in [2.75, 3.05) is 20.3 Å². The van der Waals surface area contributed by atoms with Gasteiger partial charge in [0.1, 0.15) is 0 Å². The predicted molar refractivity (Wildman–Crippen MR) is 56.4 cm³/mol. The number of thiazole rings is 1. The van der Waals surface area contributed by atoms with Crippen LogP contribution < -0.4 is 5.32 Å². The highest BCUT2D eigenvalue weighted by Crippen LogP contribution is 2.11. The van der Waals surface area contributed by atoms with Crippen molar-refractivity contribution in [3.05, 3.63) is 16.6 Å². The fourth-order valence-corrected chi connectivity index (χ4v) is 1.75. The Morgan fingerprint density at radius 2 is 2.50 bits per heavy atom. The lowest BCUT2D eigenvalue weighted by atomic mass is 10.2. The van der Waals surface area contributed by atoms with Gasteiger partial charge in [0, 0.05) is 25.1 Å². The first-order chi connectivity index (χ1) is 6.74. The molecule has 0 radical (unpaired) electrons. The van der Waals surface area contributed by atoms with E-state index >= 15 is 0 Å². The molecule has 0 fully saturated rings. The molecule has 4 nitrogen and oxygen atoms in total. The first kappa shape index (κ1) is 11.6. The van der Waals surface area contributed by atoms with Crippen LogP contribution in [0.15, 0.2) is 10.9 Å². The molecule has 1 rings (SSSR count). The van der Waals surface area contributed by atoms with Crippen molar-refractivity contribution < 1.29 is 9.84 Å². The molecular formula is C9H16N2O2S. The highest BCUT2D eigenvalue weighted by Gasteiger charge is 2.09. The van der Waals surface area contributed by atoms with Crippen LogP contribution in [-0.2, 0) is 4.74 Å². The van der Waals surface area contributed by atoms with E-state index in [4.69, 9.17) is 4.74 Å². The third-order valence-electron chi connectivity index (χ3n) is 1.91. The maximum absolute atomic E-state index is 9.39. The Morgan fingerprint density at radius 1 is 1.71 bits per heavy atom.